The number of allylic oxidation sites excluding steroid dienone is 2. The monoisotopic (exact) mass is 503 g/mol. The number of hydrogen-bond acceptors (Lipinski definition) is 6. The zero-order chi connectivity index (χ0) is 25.9. The fourth-order valence-corrected chi connectivity index (χ4v) is 5.81. The average Bonchev–Trinajstić information content (AvgIpc) is 2.90. The summed E-state index contributed by atoms with van der Waals surface area (Å²) in [6, 6.07) is 14.4. The number of hydrogen-bond donors (Lipinski definition) is 0. The van der Waals surface area contributed by atoms with Crippen LogP contribution in [0.25, 0.3) is 0 Å². The lowest BCUT2D eigenvalue weighted by Gasteiger charge is -2.37. The Balaban J connectivity index is 1.36. The van der Waals surface area contributed by atoms with Gasteiger partial charge in [-0.2, -0.15) is 5.10 Å². The molecule has 1 amide bonds. The molecule has 2 heterocycles. The summed E-state index contributed by atoms with van der Waals surface area (Å²) in [5, 5.41) is 6.58. The van der Waals surface area contributed by atoms with Crippen molar-refractivity contribution in [1.82, 2.24) is 9.91 Å². The Morgan fingerprint density at radius 2 is 1.49 bits per heavy atom. The highest BCUT2D eigenvalue weighted by Crippen LogP contribution is 2.37. The van der Waals surface area contributed by atoms with Gasteiger partial charge in [-0.1, -0.05) is 36.4 Å². The Hall–Kier alpha value is -3.16. The predicted molar refractivity (Wildman–Crippen MR) is 144 cm³/mol. The molecule has 2 aromatic rings. The van der Waals surface area contributed by atoms with Crippen molar-refractivity contribution >= 4 is 11.6 Å². The molecule has 3 aliphatic rings. The highest BCUT2D eigenvalue weighted by molar-refractivity contribution is 6.07. The Bertz CT molecular complexity index is 1170. The Kier molecular flexibility index (Phi) is 7.63. The molecule has 0 bridgehead atoms. The number of nitrogens with zero attached hydrogens (tertiary/aromatic N) is 3. The van der Waals surface area contributed by atoms with E-state index in [-0.39, 0.29) is 30.0 Å². The van der Waals surface area contributed by atoms with E-state index >= 15 is 0 Å². The van der Waals surface area contributed by atoms with E-state index in [2.05, 4.69) is 55.2 Å². The first kappa shape index (κ1) is 25.5. The maximum absolute atomic E-state index is 13.5. The van der Waals surface area contributed by atoms with Crippen LogP contribution in [-0.2, 0) is 22.6 Å². The van der Waals surface area contributed by atoms with E-state index in [9.17, 15) is 4.79 Å². The second-order valence-electron chi connectivity index (χ2n) is 10.4. The molecule has 0 aromatic heterocycles. The summed E-state index contributed by atoms with van der Waals surface area (Å²) in [7, 11) is 3.27. The van der Waals surface area contributed by atoms with E-state index in [1.807, 2.05) is 18.2 Å². The van der Waals surface area contributed by atoms with Crippen molar-refractivity contribution < 1.29 is 19.0 Å². The molecule has 0 saturated carbocycles. The number of rotatable bonds is 7. The van der Waals surface area contributed by atoms with Crippen molar-refractivity contribution in [3.05, 3.63) is 71.3 Å². The van der Waals surface area contributed by atoms with Gasteiger partial charge in [-0.25, -0.2) is 5.01 Å². The highest BCUT2D eigenvalue weighted by Gasteiger charge is 2.40. The topological polar surface area (TPSA) is 63.6 Å². The number of fused-ring (bicyclic) bond motifs is 1. The van der Waals surface area contributed by atoms with E-state index in [4.69, 9.17) is 19.3 Å². The molecule has 7 heteroatoms. The smallest absolute Gasteiger partial charge is 0.247 e. The molecule has 196 valence electrons. The van der Waals surface area contributed by atoms with Crippen molar-refractivity contribution in [1.29, 1.82) is 0 Å². The number of carbonyl (C=O) groups is 1. The number of hydrazone groups is 1. The fraction of sp³-hybridized carbons (Fsp3) is 0.467. The maximum atomic E-state index is 13.5. The molecule has 4 atom stereocenters. The molecule has 2 aliphatic heterocycles. The summed E-state index contributed by atoms with van der Waals surface area (Å²) in [6.45, 7) is 7.50. The molecular formula is C30H37N3O4. The van der Waals surface area contributed by atoms with E-state index in [1.54, 1.807) is 19.2 Å². The molecule has 5 rings (SSSR count). The lowest BCUT2D eigenvalue weighted by atomic mass is 9.76. The molecule has 0 radical (unpaired) electrons. The molecular weight excluding hydrogens is 466 g/mol. The summed E-state index contributed by atoms with van der Waals surface area (Å²) in [5.41, 5.74) is 4.23. The van der Waals surface area contributed by atoms with Gasteiger partial charge in [-0.15, -0.1) is 0 Å². The number of ether oxygens (including phenoxy) is 3. The summed E-state index contributed by atoms with van der Waals surface area (Å²) in [4.78, 5) is 15.9. The van der Waals surface area contributed by atoms with Gasteiger partial charge in [0.2, 0.25) is 5.91 Å². The Morgan fingerprint density at radius 1 is 0.865 bits per heavy atom. The van der Waals surface area contributed by atoms with Gasteiger partial charge in [0.05, 0.1) is 44.6 Å². The van der Waals surface area contributed by atoms with Gasteiger partial charge < -0.3 is 14.2 Å². The highest BCUT2D eigenvalue weighted by atomic mass is 16.5. The van der Waals surface area contributed by atoms with Crippen LogP contribution >= 0.6 is 0 Å². The Labute approximate surface area is 219 Å². The quantitative estimate of drug-likeness (QED) is 0.515. The fourth-order valence-electron chi connectivity index (χ4n) is 5.81. The van der Waals surface area contributed by atoms with Crippen molar-refractivity contribution in [3.63, 3.8) is 0 Å². The third-order valence-corrected chi connectivity index (χ3v) is 7.52. The van der Waals surface area contributed by atoms with Crippen molar-refractivity contribution in [3.8, 4) is 11.5 Å². The van der Waals surface area contributed by atoms with Gasteiger partial charge in [0.15, 0.2) is 11.5 Å². The second-order valence-corrected chi connectivity index (χ2v) is 10.4. The third-order valence-electron chi connectivity index (χ3n) is 7.52. The van der Waals surface area contributed by atoms with Gasteiger partial charge >= 0.3 is 0 Å². The second kappa shape index (κ2) is 11.1. The van der Waals surface area contributed by atoms with E-state index in [0.29, 0.717) is 18.0 Å². The molecule has 7 nitrogen and oxygen atoms in total. The van der Waals surface area contributed by atoms with Gasteiger partial charge in [-0.3, -0.25) is 9.69 Å². The zero-order valence-electron chi connectivity index (χ0n) is 22.2. The van der Waals surface area contributed by atoms with Crippen LogP contribution in [0.2, 0.25) is 0 Å². The molecule has 1 aliphatic carbocycles. The van der Waals surface area contributed by atoms with E-state index in [0.717, 1.165) is 49.3 Å². The summed E-state index contributed by atoms with van der Waals surface area (Å²) < 4.78 is 16.8. The molecule has 37 heavy (non-hydrogen) atoms. The molecule has 0 spiro atoms. The van der Waals surface area contributed by atoms with Crippen molar-refractivity contribution in [2.45, 2.75) is 52.0 Å². The van der Waals surface area contributed by atoms with Crippen LogP contribution < -0.4 is 9.47 Å². The van der Waals surface area contributed by atoms with Gasteiger partial charge in [0.25, 0.3) is 0 Å². The normalized spacial score (nSPS) is 26.0. The molecule has 2 aromatic carbocycles. The van der Waals surface area contributed by atoms with Crippen LogP contribution in [0.15, 0.2) is 59.7 Å². The van der Waals surface area contributed by atoms with Gasteiger partial charge in [0, 0.05) is 31.1 Å². The first-order chi connectivity index (χ1) is 17.9. The zero-order valence-corrected chi connectivity index (χ0v) is 22.2. The minimum Gasteiger partial charge on any atom is -0.493 e. The third kappa shape index (κ3) is 5.58. The van der Waals surface area contributed by atoms with Crippen LogP contribution in [0.4, 0.5) is 0 Å². The largest absolute Gasteiger partial charge is 0.493 e. The van der Waals surface area contributed by atoms with E-state index < -0.39 is 0 Å². The van der Waals surface area contributed by atoms with Crippen LogP contribution in [0.1, 0.15) is 43.4 Å². The minimum atomic E-state index is -0.102. The van der Waals surface area contributed by atoms with Crippen LogP contribution in [0, 0.1) is 11.8 Å². The molecule has 0 N–H and O–H groups in total. The number of morpholine rings is 1. The summed E-state index contributed by atoms with van der Waals surface area (Å²) >= 11 is 0. The predicted octanol–water partition coefficient (Wildman–Crippen LogP) is 4.64. The van der Waals surface area contributed by atoms with Gasteiger partial charge in [0.1, 0.15) is 0 Å². The van der Waals surface area contributed by atoms with Crippen LogP contribution in [-0.4, -0.2) is 61.0 Å². The van der Waals surface area contributed by atoms with Gasteiger partial charge in [-0.05, 0) is 56.0 Å². The van der Waals surface area contributed by atoms with E-state index in [1.165, 1.54) is 5.56 Å². The number of carbonyl (C=O) groups excluding carboxylic acids is 1. The van der Waals surface area contributed by atoms with Crippen LogP contribution in [0.3, 0.4) is 0 Å². The van der Waals surface area contributed by atoms with Crippen molar-refractivity contribution in [2.24, 2.45) is 16.9 Å². The molecule has 1 saturated heterocycles. The SMILES string of the molecule is COc1ccc(C2=NN(Cc3ccc(CN4C[C@@H](C)O[C@H](C)C4)cc3)C(=O)C3CC=CCC23)cc1OC. The number of methoxy groups -OCH3 is 2. The standard InChI is InChI=1S/C30H37N3O4/c1-20-16-32(17-21(2)37-20)18-22-9-11-23(12-10-22)19-33-30(34)26-8-6-5-7-25(26)29(31-33)24-13-14-27(35-3)28(15-24)36-4/h5-6,9-15,20-21,25-26H,7-8,16-19H2,1-4H3/t20-,21-,25?,26?/m1/s1. The summed E-state index contributed by atoms with van der Waals surface area (Å²) in [5.74, 6) is 1.40. The first-order valence-corrected chi connectivity index (χ1v) is 13.2. The minimum absolute atomic E-state index is 0.0625. The maximum Gasteiger partial charge on any atom is 0.247 e. The number of amides is 1. The molecule has 2 unspecified atom stereocenters. The summed E-state index contributed by atoms with van der Waals surface area (Å²) in [6.07, 6.45) is 6.34. The lowest BCUT2D eigenvalue weighted by molar-refractivity contribution is -0.138. The Morgan fingerprint density at radius 3 is 2.14 bits per heavy atom. The lowest BCUT2D eigenvalue weighted by Crippen LogP contribution is -2.45. The number of benzene rings is 2. The first-order valence-electron chi connectivity index (χ1n) is 13.2. The van der Waals surface area contributed by atoms with Crippen molar-refractivity contribution in [2.75, 3.05) is 27.3 Å². The van der Waals surface area contributed by atoms with Crippen LogP contribution in [0.5, 0.6) is 11.5 Å². The average molecular weight is 504 g/mol. The molecule has 1 fully saturated rings.